The van der Waals surface area contributed by atoms with Crippen LogP contribution in [-0.2, 0) is 28.1 Å². The maximum atomic E-state index is 12.2. The van der Waals surface area contributed by atoms with E-state index in [1.807, 2.05) is 0 Å². The van der Waals surface area contributed by atoms with Crippen molar-refractivity contribution in [1.82, 2.24) is 0 Å². The minimum absolute atomic E-state index is 0.0244. The summed E-state index contributed by atoms with van der Waals surface area (Å²) in [6, 6.07) is 8.67. The van der Waals surface area contributed by atoms with Gasteiger partial charge in [0.2, 0.25) is 0 Å². The van der Waals surface area contributed by atoms with E-state index in [9.17, 15) is 4.89 Å². The number of hydrogen-bond acceptors (Lipinski definition) is 3. The molecule has 230 valence electrons. The molecule has 0 amide bonds. The molecule has 3 nitrogen and oxygen atoms in total. The lowest BCUT2D eigenvalue weighted by Crippen LogP contribution is -2.28. The van der Waals surface area contributed by atoms with E-state index in [0.717, 1.165) is 24.3 Å². The molecule has 2 aromatic carbocycles. The lowest BCUT2D eigenvalue weighted by molar-refractivity contribution is 0.336. The predicted molar refractivity (Wildman–Crippen MR) is 179 cm³/mol. The van der Waals surface area contributed by atoms with Gasteiger partial charge in [-0.15, -0.1) is 0 Å². The molecule has 0 aromatic heterocycles. The first-order valence-corrected chi connectivity index (χ1v) is 17.8. The molecule has 41 heavy (non-hydrogen) atoms. The van der Waals surface area contributed by atoms with E-state index >= 15 is 0 Å². The van der Waals surface area contributed by atoms with Gasteiger partial charge in [-0.25, -0.2) is 0 Å². The molecule has 0 saturated heterocycles. The minimum atomic E-state index is -3.21. The first-order chi connectivity index (χ1) is 18.7. The Balaban J connectivity index is 2.32. The maximum absolute atomic E-state index is 12.2. The van der Waals surface area contributed by atoms with Gasteiger partial charge in [0.15, 0.2) is 17.7 Å². The second kappa shape index (κ2) is 12.2. The van der Waals surface area contributed by atoms with Gasteiger partial charge in [0.25, 0.3) is 0 Å². The van der Waals surface area contributed by atoms with Crippen molar-refractivity contribution < 1.29 is 13.9 Å². The highest BCUT2D eigenvalue weighted by molar-refractivity contribution is 7.61. The van der Waals surface area contributed by atoms with Crippen LogP contribution in [0.3, 0.4) is 0 Å². The van der Waals surface area contributed by atoms with E-state index < -0.39 is 7.94 Å². The topological polar surface area (TPSA) is 38.7 Å². The predicted octanol–water partition coefficient (Wildman–Crippen LogP) is 11.4. The largest absolute Gasteiger partial charge is 0.495 e. The first-order valence-electron chi connectivity index (χ1n) is 16.0. The molecule has 3 rings (SSSR count). The smallest absolute Gasteiger partial charge is 0.278 e. The zero-order chi connectivity index (χ0) is 31.0. The fourth-order valence-corrected chi connectivity index (χ4v) is 8.23. The fraction of sp³-hybridized carbons (Fsp3) is 0.676. The van der Waals surface area contributed by atoms with E-state index in [1.54, 1.807) is 0 Å². The molecule has 4 heteroatoms. The van der Waals surface area contributed by atoms with Gasteiger partial charge in [0.05, 0.1) is 0 Å². The highest BCUT2D eigenvalue weighted by atomic mass is 31.2. The molecule has 0 unspecified atom stereocenters. The molecule has 0 saturated carbocycles. The maximum Gasteiger partial charge on any atom is 0.495 e. The van der Waals surface area contributed by atoms with Crippen molar-refractivity contribution in [3.63, 3.8) is 0 Å². The quantitative estimate of drug-likeness (QED) is 0.260. The second-order valence-electron chi connectivity index (χ2n) is 16.4. The third kappa shape index (κ3) is 8.08. The van der Waals surface area contributed by atoms with Crippen molar-refractivity contribution in [3.05, 3.63) is 57.6 Å². The third-order valence-electron chi connectivity index (χ3n) is 8.29. The van der Waals surface area contributed by atoms with Gasteiger partial charge in [-0.1, -0.05) is 128 Å². The normalized spacial score (nSPS) is 15.8. The second-order valence-corrected chi connectivity index (χ2v) is 18.5. The van der Waals surface area contributed by atoms with E-state index in [4.69, 9.17) is 9.05 Å². The number of fused-ring (bicyclic) bond motifs is 2. The Hall–Kier alpha value is -1.57. The van der Waals surface area contributed by atoms with Crippen LogP contribution in [0.25, 0.3) is 0 Å². The van der Waals surface area contributed by atoms with Crippen LogP contribution in [0.1, 0.15) is 162 Å². The van der Waals surface area contributed by atoms with E-state index in [2.05, 4.69) is 114 Å². The molecule has 0 bridgehead atoms. The van der Waals surface area contributed by atoms with Gasteiger partial charge < -0.3 is 0 Å². The van der Waals surface area contributed by atoms with Gasteiger partial charge in [0, 0.05) is 17.5 Å². The van der Waals surface area contributed by atoms with Crippen LogP contribution in [0.4, 0.5) is 0 Å². The van der Waals surface area contributed by atoms with Crippen LogP contribution in [0.2, 0.25) is 0 Å². The van der Waals surface area contributed by atoms with Gasteiger partial charge in [-0.3, -0.25) is 9.05 Å². The summed E-state index contributed by atoms with van der Waals surface area (Å²) in [6.45, 7) is 29.9. The van der Waals surface area contributed by atoms with Crippen LogP contribution in [0, 0.1) is 0 Å². The molecule has 1 aliphatic heterocycles. The summed E-state index contributed by atoms with van der Waals surface area (Å²) < 4.78 is 13.4. The van der Waals surface area contributed by atoms with Crippen molar-refractivity contribution in [2.75, 3.05) is 6.16 Å². The van der Waals surface area contributed by atoms with E-state index in [1.165, 1.54) is 59.1 Å². The molecule has 0 radical (unpaired) electrons. The van der Waals surface area contributed by atoms with Crippen molar-refractivity contribution in [2.45, 2.75) is 157 Å². The fourth-order valence-electron chi connectivity index (χ4n) is 6.43. The van der Waals surface area contributed by atoms with Gasteiger partial charge in [-0.05, 0) is 68.9 Å². The highest BCUT2D eigenvalue weighted by Gasteiger charge is 2.47. The summed E-state index contributed by atoms with van der Waals surface area (Å²) in [7, 11) is -3.21. The van der Waals surface area contributed by atoms with Crippen LogP contribution < -0.4 is 9.05 Å². The summed E-state index contributed by atoms with van der Waals surface area (Å²) in [5.41, 5.74) is 7.51. The molecule has 1 aliphatic rings. The summed E-state index contributed by atoms with van der Waals surface area (Å²) in [6.07, 6.45) is 8.17. The molecule has 1 heterocycles. The minimum Gasteiger partial charge on any atom is -0.278 e. The van der Waals surface area contributed by atoms with Crippen LogP contribution in [0.15, 0.2) is 24.3 Å². The van der Waals surface area contributed by atoms with Gasteiger partial charge >= 0.3 is 7.94 Å². The summed E-state index contributed by atoms with van der Waals surface area (Å²) in [5, 5.41) is 0. The molecule has 0 spiro atoms. The Morgan fingerprint density at radius 3 is 1.34 bits per heavy atom. The lowest BCUT2D eigenvalue weighted by Gasteiger charge is -2.37. The zero-order valence-corrected chi connectivity index (χ0v) is 29.6. The molecule has 0 aliphatic carbocycles. The van der Waals surface area contributed by atoms with Gasteiger partial charge in [-0.2, -0.15) is 4.89 Å². The Labute approximate surface area is 253 Å². The third-order valence-corrected chi connectivity index (χ3v) is 10.1. The molecule has 0 atom stereocenters. The average molecular weight is 584 g/mol. The van der Waals surface area contributed by atoms with E-state index in [-0.39, 0.29) is 21.7 Å². The van der Waals surface area contributed by atoms with Crippen LogP contribution >= 0.6 is 7.94 Å². The lowest BCUT2D eigenvalue weighted by atomic mass is 9.69. The van der Waals surface area contributed by atoms with Crippen molar-refractivity contribution in [1.29, 1.82) is 0 Å². The summed E-state index contributed by atoms with van der Waals surface area (Å²) in [5.74, 6) is 1.58. The molecular formula is C37H60O3P+. The van der Waals surface area contributed by atoms with Gasteiger partial charge in [0.1, 0.15) is 0 Å². The number of rotatable bonds is 7. The standard InChI is InChI=1S/C37H60O3P/c1-14-15-16-17-18-19-24-41(38)39-30-22-20-28(34(2,3)4)32(36(8,9)10)26(30)25-27-31(40-41)23-21-29(35(5,6)7)33(27)37(11,12)13/h20-23,38H,14-19,24-25H2,1-13H3/q+1. The number of unbranched alkanes of at least 4 members (excludes halogenated alkanes) is 5. The van der Waals surface area contributed by atoms with Crippen LogP contribution in [0.5, 0.6) is 11.5 Å². The Bertz CT molecular complexity index is 1120. The SMILES string of the molecule is CCCCCCCC[P+]1(O)Oc2ccc(C(C)(C)C)c(C(C)(C)C)c2Cc2c(ccc(C(C)(C)C)c2C(C)(C)C)O1. The Morgan fingerprint density at radius 1 is 0.585 bits per heavy atom. The number of benzene rings is 2. The molecule has 1 N–H and O–H groups in total. The molecular weight excluding hydrogens is 523 g/mol. The van der Waals surface area contributed by atoms with Crippen LogP contribution in [-0.4, -0.2) is 11.1 Å². The Kier molecular flexibility index (Phi) is 10.1. The van der Waals surface area contributed by atoms with Crippen molar-refractivity contribution in [2.24, 2.45) is 0 Å². The summed E-state index contributed by atoms with van der Waals surface area (Å²) >= 11 is 0. The zero-order valence-electron chi connectivity index (χ0n) is 28.7. The average Bonchev–Trinajstić information content (AvgIpc) is 2.79. The monoisotopic (exact) mass is 583 g/mol. The molecule has 2 aromatic rings. The first kappa shape index (κ1) is 33.9. The molecule has 0 fully saturated rings. The Morgan fingerprint density at radius 2 is 0.976 bits per heavy atom. The van der Waals surface area contributed by atoms with Crippen molar-refractivity contribution in [3.8, 4) is 11.5 Å². The highest BCUT2D eigenvalue weighted by Crippen LogP contribution is 2.61. The van der Waals surface area contributed by atoms with Crippen molar-refractivity contribution >= 4 is 7.94 Å². The number of hydrogen-bond donors (Lipinski definition) is 1. The summed E-state index contributed by atoms with van der Waals surface area (Å²) in [4.78, 5) is 12.2. The van der Waals surface area contributed by atoms with E-state index in [0.29, 0.717) is 12.6 Å².